The lowest BCUT2D eigenvalue weighted by molar-refractivity contribution is -0.147. The van der Waals surface area contributed by atoms with Crippen LogP contribution in [0.1, 0.15) is 132 Å². The lowest BCUT2D eigenvalue weighted by atomic mass is 9.77. The number of amides is 3. The van der Waals surface area contributed by atoms with Crippen LogP contribution in [0.4, 0.5) is 21.9 Å². The molecule has 1 aliphatic carbocycles. The maximum absolute atomic E-state index is 15.0. The Labute approximate surface area is 354 Å². The van der Waals surface area contributed by atoms with E-state index in [-0.39, 0.29) is 29.5 Å². The number of nitrogens with two attached hydrogens (primary N) is 2. The fourth-order valence-corrected chi connectivity index (χ4v) is 8.85. The third kappa shape index (κ3) is 11.2. The lowest BCUT2D eigenvalue weighted by Crippen LogP contribution is -2.46. The summed E-state index contributed by atoms with van der Waals surface area (Å²) in [7, 11) is 0. The second-order valence-corrected chi connectivity index (χ2v) is 17.9. The maximum Gasteiger partial charge on any atom is 0.408 e. The van der Waals surface area contributed by atoms with Gasteiger partial charge in [-0.15, -0.1) is 0 Å². The Balaban J connectivity index is 1.36. The van der Waals surface area contributed by atoms with Crippen LogP contribution in [-0.4, -0.2) is 60.5 Å². The fraction of sp³-hybridized carbons (Fsp3) is 0.511. The summed E-state index contributed by atoms with van der Waals surface area (Å²) in [5, 5.41) is 9.96. The summed E-state index contributed by atoms with van der Waals surface area (Å²) in [6, 6.07) is 19.5. The SMILES string of the molecule is CC(C)[C@@H](NC(=O)OC(C)(C)C)C(=O)O/N=C(\N)c1ccc2c(c1)N(Cc1ccc(C(N)=O)cc1)C(C(=O)Nc1cccc(N3CCCC3)c1)C2C1CCCCCCCC1. The Morgan fingerprint density at radius 2 is 1.48 bits per heavy atom. The van der Waals surface area contributed by atoms with Crippen LogP contribution >= 0.6 is 0 Å². The minimum absolute atomic E-state index is 0.0395. The van der Waals surface area contributed by atoms with Crippen molar-refractivity contribution in [3.05, 3.63) is 89.0 Å². The molecule has 3 aromatic rings. The Hall–Kier alpha value is -5.59. The number of ether oxygens (including phenoxy) is 1. The van der Waals surface area contributed by atoms with E-state index in [0.717, 1.165) is 79.8 Å². The van der Waals surface area contributed by atoms with Gasteiger partial charge in [0.1, 0.15) is 17.7 Å². The van der Waals surface area contributed by atoms with E-state index < -0.39 is 35.7 Å². The summed E-state index contributed by atoms with van der Waals surface area (Å²) in [6.07, 6.45) is 10.6. The number of benzene rings is 3. The van der Waals surface area contributed by atoms with E-state index >= 15 is 4.79 Å². The summed E-state index contributed by atoms with van der Waals surface area (Å²) in [6.45, 7) is 11.1. The number of nitrogens with one attached hydrogen (secondary N) is 2. The second-order valence-electron chi connectivity index (χ2n) is 17.9. The van der Waals surface area contributed by atoms with E-state index in [1.54, 1.807) is 46.8 Å². The van der Waals surface area contributed by atoms with Gasteiger partial charge in [0, 0.05) is 53.7 Å². The molecule has 13 heteroatoms. The van der Waals surface area contributed by atoms with Crippen molar-refractivity contribution in [2.45, 2.75) is 129 Å². The monoisotopic (exact) mass is 821 g/mol. The van der Waals surface area contributed by atoms with Crippen LogP contribution in [0.3, 0.4) is 0 Å². The predicted molar refractivity (Wildman–Crippen MR) is 236 cm³/mol. The van der Waals surface area contributed by atoms with Gasteiger partial charge in [-0.1, -0.05) is 87.9 Å². The molecule has 0 radical (unpaired) electrons. The normalized spacial score (nSPS) is 19.5. The molecule has 322 valence electrons. The van der Waals surface area contributed by atoms with Crippen LogP contribution < -0.4 is 31.9 Å². The topological polar surface area (TPSA) is 182 Å². The van der Waals surface area contributed by atoms with Crippen LogP contribution in [0.5, 0.6) is 0 Å². The first-order valence-corrected chi connectivity index (χ1v) is 21.7. The van der Waals surface area contributed by atoms with Crippen LogP contribution in [0.15, 0.2) is 71.9 Å². The van der Waals surface area contributed by atoms with Gasteiger partial charge in [-0.25, -0.2) is 9.59 Å². The molecule has 0 spiro atoms. The average Bonchev–Trinajstić information content (AvgIpc) is 3.88. The molecule has 13 nitrogen and oxygen atoms in total. The van der Waals surface area contributed by atoms with Crippen molar-refractivity contribution in [2.24, 2.45) is 28.5 Å². The van der Waals surface area contributed by atoms with Crippen LogP contribution in [0.25, 0.3) is 0 Å². The number of carbonyl (C=O) groups is 4. The average molecular weight is 822 g/mol. The second kappa shape index (κ2) is 19.6. The number of fused-ring (bicyclic) bond motifs is 1. The number of hydrogen-bond donors (Lipinski definition) is 4. The summed E-state index contributed by atoms with van der Waals surface area (Å²) >= 11 is 0. The molecule has 2 unspecified atom stereocenters. The Bertz CT molecular complexity index is 2010. The minimum Gasteiger partial charge on any atom is -0.444 e. The highest BCUT2D eigenvalue weighted by Crippen LogP contribution is 2.49. The number of anilines is 3. The maximum atomic E-state index is 15.0. The van der Waals surface area contributed by atoms with Gasteiger partial charge in [0.15, 0.2) is 5.84 Å². The number of carbonyl (C=O) groups excluding carboxylic acids is 4. The van der Waals surface area contributed by atoms with E-state index in [4.69, 9.17) is 21.0 Å². The number of hydrogen-bond acceptors (Lipinski definition) is 9. The van der Waals surface area contributed by atoms with Gasteiger partial charge in [0.2, 0.25) is 11.8 Å². The van der Waals surface area contributed by atoms with Crippen LogP contribution in [0.2, 0.25) is 0 Å². The number of oxime groups is 1. The van der Waals surface area contributed by atoms with Gasteiger partial charge in [-0.05, 0) is 106 Å². The molecule has 6 N–H and O–H groups in total. The summed E-state index contributed by atoms with van der Waals surface area (Å²) < 4.78 is 5.36. The third-order valence-electron chi connectivity index (χ3n) is 11.9. The molecular weight excluding hydrogens is 759 g/mol. The predicted octanol–water partition coefficient (Wildman–Crippen LogP) is 7.96. The molecule has 2 heterocycles. The van der Waals surface area contributed by atoms with Gasteiger partial charge >= 0.3 is 12.1 Å². The summed E-state index contributed by atoms with van der Waals surface area (Å²) in [5.74, 6) is -1.64. The van der Waals surface area contributed by atoms with Crippen molar-refractivity contribution in [1.82, 2.24) is 5.32 Å². The van der Waals surface area contributed by atoms with Crippen LogP contribution in [0, 0.1) is 11.8 Å². The molecular formula is C47H63N7O6. The first kappa shape index (κ1) is 44.0. The van der Waals surface area contributed by atoms with E-state index in [9.17, 15) is 14.4 Å². The lowest BCUT2D eigenvalue weighted by Gasteiger charge is -2.33. The number of primary amides is 1. The van der Waals surface area contributed by atoms with Gasteiger partial charge < -0.3 is 41.5 Å². The molecule has 2 fully saturated rings. The van der Waals surface area contributed by atoms with Gasteiger partial charge in [0.25, 0.3) is 0 Å². The van der Waals surface area contributed by atoms with Crippen molar-refractivity contribution in [3.63, 3.8) is 0 Å². The minimum atomic E-state index is -1.03. The molecule has 0 aromatic heterocycles. The first-order valence-electron chi connectivity index (χ1n) is 21.7. The highest BCUT2D eigenvalue weighted by atomic mass is 16.7. The van der Waals surface area contributed by atoms with Gasteiger partial charge in [-0.3, -0.25) is 9.59 Å². The Morgan fingerprint density at radius 3 is 2.12 bits per heavy atom. The molecule has 60 heavy (non-hydrogen) atoms. The molecule has 3 aliphatic rings. The summed E-state index contributed by atoms with van der Waals surface area (Å²) in [5.41, 5.74) is 16.9. The zero-order chi connectivity index (χ0) is 43.0. The Morgan fingerprint density at radius 1 is 0.833 bits per heavy atom. The molecule has 0 bridgehead atoms. The highest BCUT2D eigenvalue weighted by molar-refractivity contribution is 6.02. The largest absolute Gasteiger partial charge is 0.444 e. The molecule has 3 atom stereocenters. The molecule has 2 aliphatic heterocycles. The molecule has 1 saturated carbocycles. The van der Waals surface area contributed by atoms with Crippen molar-refractivity contribution in [2.75, 3.05) is 28.2 Å². The quantitative estimate of drug-likeness (QED) is 0.0610. The Kier molecular flexibility index (Phi) is 14.4. The number of rotatable bonds is 12. The standard InChI is InChI=1S/C47H63N7O6/c1-30(2)40(51-46(58)59-47(3,4)5)45(57)60-52-42(48)34-23-24-37-38(27-34)54(29-31-19-21-33(22-20-31)43(49)55)41(39(37)32-15-10-8-6-7-9-11-16-32)44(56)50-35-17-14-18-36(28-35)53-25-12-13-26-53/h14,17-24,27-28,30,32,39-41H,6-13,15-16,25-26,29H2,1-5H3,(H2,48,52)(H2,49,55)(H,50,56)(H,51,58)/t39?,40-,41?/m1/s1. The zero-order valence-electron chi connectivity index (χ0n) is 35.9. The number of nitrogens with zero attached hydrogens (tertiary/aromatic N) is 3. The van der Waals surface area contributed by atoms with E-state index in [2.05, 4.69) is 37.7 Å². The smallest absolute Gasteiger partial charge is 0.408 e. The van der Waals surface area contributed by atoms with E-state index in [1.165, 1.54) is 25.7 Å². The van der Waals surface area contributed by atoms with Crippen LogP contribution in [-0.2, 0) is 25.7 Å². The molecule has 6 rings (SSSR count). The summed E-state index contributed by atoms with van der Waals surface area (Å²) in [4.78, 5) is 62.6. The van der Waals surface area contributed by atoms with Crippen molar-refractivity contribution in [3.8, 4) is 0 Å². The highest BCUT2D eigenvalue weighted by Gasteiger charge is 2.46. The van der Waals surface area contributed by atoms with Crippen molar-refractivity contribution in [1.29, 1.82) is 0 Å². The molecule has 1 saturated heterocycles. The first-order chi connectivity index (χ1) is 28.7. The van der Waals surface area contributed by atoms with Gasteiger partial charge in [0.05, 0.1) is 0 Å². The number of amidine groups is 1. The third-order valence-corrected chi connectivity index (χ3v) is 11.9. The fourth-order valence-electron chi connectivity index (χ4n) is 8.85. The van der Waals surface area contributed by atoms with E-state index in [0.29, 0.717) is 17.7 Å². The number of alkyl carbamates (subject to hydrolysis) is 1. The molecule has 3 amide bonds. The zero-order valence-corrected chi connectivity index (χ0v) is 35.9. The van der Waals surface area contributed by atoms with Gasteiger partial charge in [-0.2, -0.15) is 0 Å². The van der Waals surface area contributed by atoms with E-state index in [1.807, 2.05) is 42.5 Å². The van der Waals surface area contributed by atoms with Crippen molar-refractivity contribution < 1.29 is 28.8 Å². The molecule has 3 aromatic carbocycles. The van der Waals surface area contributed by atoms with Crippen molar-refractivity contribution >= 4 is 46.8 Å².